The minimum absolute atomic E-state index is 0.00954. The van der Waals surface area contributed by atoms with E-state index in [0.29, 0.717) is 0 Å². The fraction of sp³-hybridized carbons (Fsp3) is 1.00. The van der Waals surface area contributed by atoms with E-state index < -0.39 is 0 Å². The molecule has 0 N–H and O–H groups in total. The number of ether oxygens (including phenoxy) is 2. The lowest BCUT2D eigenvalue weighted by atomic mass is 9.96. The zero-order chi connectivity index (χ0) is 13.9. The van der Waals surface area contributed by atoms with E-state index in [1.807, 2.05) is 13.8 Å². The van der Waals surface area contributed by atoms with Crippen LogP contribution in [0.4, 0.5) is 0 Å². The van der Waals surface area contributed by atoms with E-state index in [0.717, 1.165) is 32.1 Å². The Kier molecular flexibility index (Phi) is 9.48. The molecule has 1 saturated heterocycles. The van der Waals surface area contributed by atoms with Crippen LogP contribution in [0.3, 0.4) is 0 Å². The van der Waals surface area contributed by atoms with Crippen molar-refractivity contribution in [2.75, 3.05) is 32.8 Å². The fourth-order valence-electron chi connectivity index (χ4n) is 3.02. The number of likely N-dealkylation sites (tertiary alicyclic amines) is 1. The molecule has 1 aliphatic heterocycles. The Morgan fingerprint density at radius 3 is 2.42 bits per heavy atom. The monoisotopic (exact) mass is 271 g/mol. The van der Waals surface area contributed by atoms with Crippen molar-refractivity contribution in [1.29, 1.82) is 0 Å². The molecule has 1 rings (SSSR count). The summed E-state index contributed by atoms with van der Waals surface area (Å²) < 4.78 is 11.2. The molecule has 1 unspecified atom stereocenters. The molecule has 0 radical (unpaired) electrons. The molecule has 1 fully saturated rings. The van der Waals surface area contributed by atoms with Crippen molar-refractivity contribution in [3.63, 3.8) is 0 Å². The van der Waals surface area contributed by atoms with Gasteiger partial charge < -0.3 is 14.4 Å². The molecule has 0 spiro atoms. The lowest BCUT2D eigenvalue weighted by Gasteiger charge is -2.23. The molecule has 19 heavy (non-hydrogen) atoms. The van der Waals surface area contributed by atoms with Gasteiger partial charge in [0, 0.05) is 26.2 Å². The Hall–Kier alpha value is -0.120. The van der Waals surface area contributed by atoms with Gasteiger partial charge in [0.2, 0.25) is 0 Å². The molecule has 3 nitrogen and oxygen atoms in total. The number of hydrogen-bond acceptors (Lipinski definition) is 3. The molecule has 3 heteroatoms. The summed E-state index contributed by atoms with van der Waals surface area (Å²) in [6.07, 6.45) is 7.89. The summed E-state index contributed by atoms with van der Waals surface area (Å²) in [6, 6.07) is 0. The minimum Gasteiger partial charge on any atom is -0.353 e. The number of nitrogens with zero attached hydrogens (tertiary/aromatic N) is 1. The molecule has 0 bridgehead atoms. The molecular formula is C16H33NO2. The number of hydrogen-bond donors (Lipinski definition) is 0. The van der Waals surface area contributed by atoms with Crippen LogP contribution in [0.5, 0.6) is 0 Å². The van der Waals surface area contributed by atoms with Crippen molar-refractivity contribution in [3.05, 3.63) is 0 Å². The van der Waals surface area contributed by atoms with Gasteiger partial charge in [-0.15, -0.1) is 0 Å². The molecule has 0 saturated carbocycles. The van der Waals surface area contributed by atoms with Crippen LogP contribution in [-0.2, 0) is 9.47 Å². The van der Waals surface area contributed by atoms with Crippen LogP contribution in [0.2, 0.25) is 0 Å². The van der Waals surface area contributed by atoms with Crippen LogP contribution in [0.15, 0.2) is 0 Å². The van der Waals surface area contributed by atoms with Gasteiger partial charge in [0.15, 0.2) is 6.29 Å². The second-order valence-corrected chi connectivity index (χ2v) is 5.56. The van der Waals surface area contributed by atoms with Crippen molar-refractivity contribution < 1.29 is 9.47 Å². The van der Waals surface area contributed by atoms with Crippen molar-refractivity contribution in [1.82, 2.24) is 4.90 Å². The number of rotatable bonds is 9. The highest BCUT2D eigenvalue weighted by Crippen LogP contribution is 2.22. The lowest BCUT2D eigenvalue weighted by Crippen LogP contribution is -2.30. The third-order valence-electron chi connectivity index (χ3n) is 4.02. The van der Waals surface area contributed by atoms with E-state index in [4.69, 9.17) is 9.47 Å². The van der Waals surface area contributed by atoms with Gasteiger partial charge in [0.05, 0.1) is 0 Å². The smallest absolute Gasteiger partial charge is 0.158 e. The second kappa shape index (κ2) is 10.6. The van der Waals surface area contributed by atoms with Crippen molar-refractivity contribution in [2.24, 2.45) is 5.92 Å². The van der Waals surface area contributed by atoms with Gasteiger partial charge >= 0.3 is 0 Å². The van der Waals surface area contributed by atoms with Gasteiger partial charge in [-0.05, 0) is 52.1 Å². The summed E-state index contributed by atoms with van der Waals surface area (Å²) >= 11 is 0. The molecule has 1 heterocycles. The standard InChI is InChI=1S/C16H33NO2/c1-4-8-15-9-7-12-17(13-10-15)14-11-16(18-5-2)19-6-3/h15-16H,4-14H2,1-3H3. The first kappa shape index (κ1) is 16.9. The van der Waals surface area contributed by atoms with E-state index in [1.54, 1.807) is 0 Å². The van der Waals surface area contributed by atoms with Crippen LogP contribution >= 0.6 is 0 Å². The van der Waals surface area contributed by atoms with Crippen molar-refractivity contribution in [2.45, 2.75) is 65.6 Å². The lowest BCUT2D eigenvalue weighted by molar-refractivity contribution is -0.141. The van der Waals surface area contributed by atoms with E-state index in [2.05, 4.69) is 11.8 Å². The minimum atomic E-state index is -0.00954. The molecule has 0 aromatic rings. The van der Waals surface area contributed by atoms with Gasteiger partial charge in [0.1, 0.15) is 0 Å². The maximum atomic E-state index is 5.62. The van der Waals surface area contributed by atoms with Gasteiger partial charge in [-0.1, -0.05) is 19.8 Å². The molecule has 0 amide bonds. The Balaban J connectivity index is 2.24. The van der Waals surface area contributed by atoms with Gasteiger partial charge in [-0.25, -0.2) is 0 Å². The molecule has 1 aliphatic rings. The Labute approximate surface area is 119 Å². The van der Waals surface area contributed by atoms with E-state index in [9.17, 15) is 0 Å². The Morgan fingerprint density at radius 1 is 1.05 bits per heavy atom. The molecule has 0 aromatic heterocycles. The van der Waals surface area contributed by atoms with Gasteiger partial charge in [-0.3, -0.25) is 0 Å². The average molecular weight is 271 g/mol. The van der Waals surface area contributed by atoms with E-state index in [-0.39, 0.29) is 6.29 Å². The predicted molar refractivity (Wildman–Crippen MR) is 80.3 cm³/mol. The quantitative estimate of drug-likeness (QED) is 0.597. The highest BCUT2D eigenvalue weighted by Gasteiger charge is 2.17. The summed E-state index contributed by atoms with van der Waals surface area (Å²) in [6.45, 7) is 11.5. The van der Waals surface area contributed by atoms with E-state index in [1.165, 1.54) is 45.2 Å². The zero-order valence-corrected chi connectivity index (χ0v) is 13.2. The van der Waals surface area contributed by atoms with Crippen LogP contribution in [0, 0.1) is 5.92 Å². The third kappa shape index (κ3) is 7.28. The fourth-order valence-corrected chi connectivity index (χ4v) is 3.02. The summed E-state index contributed by atoms with van der Waals surface area (Å²) in [5.41, 5.74) is 0. The summed E-state index contributed by atoms with van der Waals surface area (Å²) in [5, 5.41) is 0. The Morgan fingerprint density at radius 2 is 1.79 bits per heavy atom. The first-order chi connectivity index (χ1) is 9.30. The van der Waals surface area contributed by atoms with E-state index >= 15 is 0 Å². The van der Waals surface area contributed by atoms with Crippen LogP contribution in [0.25, 0.3) is 0 Å². The zero-order valence-electron chi connectivity index (χ0n) is 13.2. The topological polar surface area (TPSA) is 21.7 Å². The molecular weight excluding hydrogens is 238 g/mol. The molecule has 0 aliphatic carbocycles. The molecule has 114 valence electrons. The average Bonchev–Trinajstić information content (AvgIpc) is 2.63. The normalized spacial score (nSPS) is 21.8. The van der Waals surface area contributed by atoms with Crippen LogP contribution < -0.4 is 0 Å². The first-order valence-electron chi connectivity index (χ1n) is 8.25. The molecule has 0 aromatic carbocycles. The summed E-state index contributed by atoms with van der Waals surface area (Å²) in [5.74, 6) is 0.963. The van der Waals surface area contributed by atoms with Crippen molar-refractivity contribution >= 4 is 0 Å². The highest BCUT2D eigenvalue weighted by molar-refractivity contribution is 4.70. The largest absolute Gasteiger partial charge is 0.353 e. The first-order valence-corrected chi connectivity index (χ1v) is 8.25. The summed E-state index contributed by atoms with van der Waals surface area (Å²) in [4.78, 5) is 2.60. The summed E-state index contributed by atoms with van der Waals surface area (Å²) in [7, 11) is 0. The highest BCUT2D eigenvalue weighted by atomic mass is 16.7. The third-order valence-corrected chi connectivity index (χ3v) is 4.02. The van der Waals surface area contributed by atoms with Crippen LogP contribution in [0.1, 0.15) is 59.3 Å². The SMILES string of the molecule is CCCC1CCCN(CCC(OCC)OCC)CC1. The predicted octanol–water partition coefficient (Wildman–Crippen LogP) is 3.68. The molecule has 1 atom stereocenters. The Bertz CT molecular complexity index is 205. The van der Waals surface area contributed by atoms with Gasteiger partial charge in [-0.2, -0.15) is 0 Å². The maximum Gasteiger partial charge on any atom is 0.158 e. The second-order valence-electron chi connectivity index (χ2n) is 5.56. The van der Waals surface area contributed by atoms with Gasteiger partial charge in [0.25, 0.3) is 0 Å². The van der Waals surface area contributed by atoms with Crippen molar-refractivity contribution in [3.8, 4) is 0 Å². The maximum absolute atomic E-state index is 5.62. The van der Waals surface area contributed by atoms with Crippen LogP contribution in [-0.4, -0.2) is 44.0 Å².